The second-order valence-corrected chi connectivity index (χ2v) is 3.81. The van der Waals surface area contributed by atoms with Crippen LogP contribution in [0.15, 0.2) is 35.3 Å². The quantitative estimate of drug-likeness (QED) is 0.837. The molecule has 0 saturated heterocycles. The largest absolute Gasteiger partial charge is 0.383 e. The maximum absolute atomic E-state index is 13.7. The first-order chi connectivity index (χ1) is 8.61. The summed E-state index contributed by atoms with van der Waals surface area (Å²) in [5, 5.41) is 2.87. The summed E-state index contributed by atoms with van der Waals surface area (Å²) in [5.41, 5.74) is 5.82. The second kappa shape index (κ2) is 4.97. The molecule has 0 bridgehead atoms. The number of nitrogens with zero attached hydrogens (tertiary/aromatic N) is 2. The predicted molar refractivity (Wildman–Crippen MR) is 67.0 cm³/mol. The van der Waals surface area contributed by atoms with Crippen molar-refractivity contribution in [3.63, 3.8) is 0 Å². The third kappa shape index (κ3) is 2.38. The first kappa shape index (κ1) is 12.3. The molecule has 18 heavy (non-hydrogen) atoms. The minimum Gasteiger partial charge on any atom is -0.383 e. The molecular weight excluding hydrogens is 235 g/mol. The lowest BCUT2D eigenvalue weighted by Crippen LogP contribution is -2.21. The number of rotatable bonds is 3. The van der Waals surface area contributed by atoms with Gasteiger partial charge < -0.3 is 11.1 Å². The van der Waals surface area contributed by atoms with Crippen LogP contribution in [0.25, 0.3) is 5.69 Å². The molecule has 1 aromatic heterocycles. The van der Waals surface area contributed by atoms with Crippen LogP contribution in [0.4, 0.5) is 10.2 Å². The lowest BCUT2D eigenvalue weighted by atomic mass is 10.2. The summed E-state index contributed by atoms with van der Waals surface area (Å²) in [5.74, 6) is -0.228. The minimum atomic E-state index is -0.532. The molecule has 0 spiro atoms. The van der Waals surface area contributed by atoms with E-state index in [-0.39, 0.29) is 11.6 Å². The average Bonchev–Trinajstić information content (AvgIpc) is 2.32. The molecule has 0 fully saturated rings. The highest BCUT2D eigenvalue weighted by atomic mass is 19.1. The Bertz CT molecular complexity index is 624. The van der Waals surface area contributed by atoms with Crippen molar-refractivity contribution in [2.24, 2.45) is 0 Å². The van der Waals surface area contributed by atoms with Crippen LogP contribution in [-0.4, -0.2) is 16.6 Å². The molecule has 94 valence electrons. The van der Waals surface area contributed by atoms with Crippen molar-refractivity contribution in [3.05, 3.63) is 52.3 Å². The van der Waals surface area contributed by atoms with E-state index in [1.54, 1.807) is 19.2 Å². The van der Waals surface area contributed by atoms with Gasteiger partial charge in [0.05, 0.1) is 5.69 Å². The van der Waals surface area contributed by atoms with E-state index in [1.165, 1.54) is 22.9 Å². The molecule has 0 atom stereocenters. The summed E-state index contributed by atoms with van der Waals surface area (Å²) in [4.78, 5) is 15.2. The van der Waals surface area contributed by atoms with Crippen molar-refractivity contribution >= 4 is 5.82 Å². The Labute approximate surface area is 103 Å². The van der Waals surface area contributed by atoms with Crippen LogP contribution < -0.4 is 16.7 Å². The van der Waals surface area contributed by atoms with Crippen molar-refractivity contribution in [2.75, 3.05) is 12.8 Å². The summed E-state index contributed by atoms with van der Waals surface area (Å²) in [7, 11) is 1.74. The van der Waals surface area contributed by atoms with Crippen LogP contribution >= 0.6 is 0 Å². The monoisotopic (exact) mass is 248 g/mol. The van der Waals surface area contributed by atoms with Crippen LogP contribution in [0.2, 0.25) is 0 Å². The van der Waals surface area contributed by atoms with E-state index in [0.717, 1.165) is 0 Å². The van der Waals surface area contributed by atoms with Crippen LogP contribution in [0, 0.1) is 5.82 Å². The Hall–Kier alpha value is -2.21. The number of nitrogens with two attached hydrogens (primary N) is 1. The van der Waals surface area contributed by atoms with Crippen LogP contribution in [0.5, 0.6) is 0 Å². The maximum Gasteiger partial charge on any atom is 0.354 e. The molecule has 2 aromatic rings. The third-order valence-corrected chi connectivity index (χ3v) is 2.51. The lowest BCUT2D eigenvalue weighted by molar-refractivity contribution is 0.599. The van der Waals surface area contributed by atoms with Crippen molar-refractivity contribution in [1.29, 1.82) is 0 Å². The van der Waals surface area contributed by atoms with E-state index in [9.17, 15) is 9.18 Å². The average molecular weight is 248 g/mol. The van der Waals surface area contributed by atoms with Gasteiger partial charge in [-0.1, -0.05) is 6.07 Å². The highest BCUT2D eigenvalue weighted by Gasteiger charge is 2.06. The number of aromatic nitrogens is 2. The molecule has 3 N–H and O–H groups in total. The van der Waals surface area contributed by atoms with Gasteiger partial charge in [-0.05, 0) is 25.2 Å². The molecule has 2 rings (SSSR count). The van der Waals surface area contributed by atoms with E-state index in [0.29, 0.717) is 17.8 Å². The van der Waals surface area contributed by atoms with E-state index in [1.807, 2.05) is 0 Å². The molecule has 0 unspecified atom stereocenters. The summed E-state index contributed by atoms with van der Waals surface area (Å²) in [6.45, 7) is 0.432. The van der Waals surface area contributed by atoms with Crippen molar-refractivity contribution in [2.45, 2.75) is 6.54 Å². The first-order valence-electron chi connectivity index (χ1n) is 5.40. The fraction of sp³-hybridized carbons (Fsp3) is 0.167. The molecule has 0 amide bonds. The first-order valence-corrected chi connectivity index (χ1v) is 5.40. The van der Waals surface area contributed by atoms with Crippen LogP contribution in [0.3, 0.4) is 0 Å². The number of halogens is 1. The zero-order chi connectivity index (χ0) is 13.1. The molecule has 0 radical (unpaired) electrons. The summed E-state index contributed by atoms with van der Waals surface area (Å²) in [6.07, 6.45) is 1.47. The summed E-state index contributed by atoms with van der Waals surface area (Å²) >= 11 is 0. The number of hydrogen-bond acceptors (Lipinski definition) is 4. The number of nitrogen functional groups attached to an aromatic ring is 1. The molecule has 0 aliphatic carbocycles. The SMILES string of the molecule is CNCc1ccc(-n2ccc(N)nc2=O)cc1F. The third-order valence-electron chi connectivity index (χ3n) is 2.51. The van der Waals surface area contributed by atoms with Crippen LogP contribution in [-0.2, 0) is 6.54 Å². The van der Waals surface area contributed by atoms with Crippen molar-refractivity contribution in [3.8, 4) is 5.69 Å². The zero-order valence-electron chi connectivity index (χ0n) is 9.85. The van der Waals surface area contributed by atoms with Gasteiger partial charge in [0.2, 0.25) is 0 Å². The Kier molecular flexibility index (Phi) is 3.38. The second-order valence-electron chi connectivity index (χ2n) is 3.81. The van der Waals surface area contributed by atoms with E-state index in [4.69, 9.17) is 5.73 Å². The van der Waals surface area contributed by atoms with Gasteiger partial charge in [0.15, 0.2) is 0 Å². The molecular formula is C12H13FN4O. The number of benzene rings is 1. The van der Waals surface area contributed by atoms with Gasteiger partial charge in [-0.15, -0.1) is 0 Å². The standard InChI is InChI=1S/C12H13FN4O/c1-15-7-8-2-3-9(6-10(8)13)17-5-4-11(14)16-12(17)18/h2-6,15H,7H2,1H3,(H2,14,16,18). The Morgan fingerprint density at radius 2 is 2.22 bits per heavy atom. The lowest BCUT2D eigenvalue weighted by Gasteiger charge is -2.07. The van der Waals surface area contributed by atoms with Gasteiger partial charge in [0, 0.05) is 18.3 Å². The van der Waals surface area contributed by atoms with Gasteiger partial charge >= 0.3 is 5.69 Å². The fourth-order valence-electron chi connectivity index (χ4n) is 1.63. The highest BCUT2D eigenvalue weighted by molar-refractivity contribution is 5.37. The van der Waals surface area contributed by atoms with Gasteiger partial charge in [0.25, 0.3) is 0 Å². The Morgan fingerprint density at radius 3 is 2.83 bits per heavy atom. The number of anilines is 1. The number of nitrogens with one attached hydrogen (secondary N) is 1. The van der Waals surface area contributed by atoms with Crippen LogP contribution in [0.1, 0.15) is 5.56 Å². The molecule has 1 heterocycles. The zero-order valence-corrected chi connectivity index (χ0v) is 9.85. The van der Waals surface area contributed by atoms with Crippen molar-refractivity contribution < 1.29 is 4.39 Å². The Balaban J connectivity index is 2.45. The fourth-order valence-corrected chi connectivity index (χ4v) is 1.63. The maximum atomic E-state index is 13.7. The molecule has 6 heteroatoms. The molecule has 1 aromatic carbocycles. The van der Waals surface area contributed by atoms with Gasteiger partial charge in [-0.3, -0.25) is 4.57 Å². The van der Waals surface area contributed by atoms with E-state index < -0.39 is 5.69 Å². The van der Waals surface area contributed by atoms with Gasteiger partial charge in [-0.25, -0.2) is 9.18 Å². The van der Waals surface area contributed by atoms with Gasteiger partial charge in [0.1, 0.15) is 11.6 Å². The topological polar surface area (TPSA) is 72.9 Å². The van der Waals surface area contributed by atoms with E-state index >= 15 is 0 Å². The smallest absolute Gasteiger partial charge is 0.354 e. The summed E-state index contributed by atoms with van der Waals surface area (Å²) < 4.78 is 15.0. The molecule has 5 nitrogen and oxygen atoms in total. The Morgan fingerprint density at radius 1 is 1.44 bits per heavy atom. The van der Waals surface area contributed by atoms with E-state index in [2.05, 4.69) is 10.3 Å². The number of hydrogen-bond donors (Lipinski definition) is 2. The van der Waals surface area contributed by atoms with Gasteiger partial charge in [-0.2, -0.15) is 4.98 Å². The molecule has 0 saturated carbocycles. The highest BCUT2D eigenvalue weighted by Crippen LogP contribution is 2.12. The molecule has 0 aliphatic heterocycles. The minimum absolute atomic E-state index is 0.142. The normalized spacial score (nSPS) is 10.6. The predicted octanol–water partition coefficient (Wildman–Crippen LogP) is 0.673. The summed E-state index contributed by atoms with van der Waals surface area (Å²) in [6, 6.07) is 6.08. The van der Waals surface area contributed by atoms with Crippen molar-refractivity contribution in [1.82, 2.24) is 14.9 Å². The molecule has 0 aliphatic rings.